The highest BCUT2D eigenvalue weighted by Crippen LogP contribution is 2.24. The van der Waals surface area contributed by atoms with Gasteiger partial charge in [0.2, 0.25) is 5.89 Å². The SMILES string of the molecule is COC(=O)c1ccc(CNC(=O)COC(=O)CSc2nnc(-c3ccc(Cl)cc3)o2)cc1. The van der Waals surface area contributed by atoms with Gasteiger partial charge in [-0.25, -0.2) is 4.79 Å². The van der Waals surface area contributed by atoms with E-state index in [1.165, 1.54) is 7.11 Å². The topological polar surface area (TPSA) is 121 Å². The highest BCUT2D eigenvalue weighted by molar-refractivity contribution is 7.99. The molecule has 2 aromatic carbocycles. The molecule has 0 fully saturated rings. The van der Waals surface area contributed by atoms with Crippen LogP contribution < -0.4 is 5.32 Å². The quantitative estimate of drug-likeness (QED) is 0.367. The van der Waals surface area contributed by atoms with Gasteiger partial charge in [-0.05, 0) is 42.0 Å². The molecule has 0 aliphatic rings. The summed E-state index contributed by atoms with van der Waals surface area (Å²) >= 11 is 6.85. The van der Waals surface area contributed by atoms with Gasteiger partial charge in [0.1, 0.15) is 5.75 Å². The van der Waals surface area contributed by atoms with Gasteiger partial charge in [0.25, 0.3) is 11.1 Å². The van der Waals surface area contributed by atoms with E-state index in [-0.39, 0.29) is 17.5 Å². The molecule has 1 aromatic heterocycles. The summed E-state index contributed by atoms with van der Waals surface area (Å²) < 4.78 is 15.1. The van der Waals surface area contributed by atoms with Crippen molar-refractivity contribution >= 4 is 41.2 Å². The highest BCUT2D eigenvalue weighted by atomic mass is 35.5. The maximum absolute atomic E-state index is 11.9. The van der Waals surface area contributed by atoms with Crippen molar-refractivity contribution in [2.45, 2.75) is 11.8 Å². The average Bonchev–Trinajstić information content (AvgIpc) is 3.29. The lowest BCUT2D eigenvalue weighted by Crippen LogP contribution is -2.28. The van der Waals surface area contributed by atoms with E-state index in [2.05, 4.69) is 20.3 Å². The lowest BCUT2D eigenvalue weighted by Gasteiger charge is -2.07. The fraction of sp³-hybridized carbons (Fsp3) is 0.190. The van der Waals surface area contributed by atoms with Crippen LogP contribution in [0, 0.1) is 0 Å². The minimum absolute atomic E-state index is 0.0927. The molecular formula is C21H18ClN3O6S. The van der Waals surface area contributed by atoms with Crippen LogP contribution in [0.2, 0.25) is 5.02 Å². The zero-order chi connectivity index (χ0) is 22.9. The van der Waals surface area contributed by atoms with Crippen LogP contribution in [0.1, 0.15) is 15.9 Å². The van der Waals surface area contributed by atoms with Crippen molar-refractivity contribution in [3.05, 3.63) is 64.7 Å². The third-order valence-corrected chi connectivity index (χ3v) is 5.08. The number of thioether (sulfide) groups is 1. The Kier molecular flexibility index (Phi) is 8.23. The number of benzene rings is 2. The van der Waals surface area contributed by atoms with Crippen LogP contribution in [0.3, 0.4) is 0 Å². The number of hydrogen-bond acceptors (Lipinski definition) is 9. The Morgan fingerprint density at radius 1 is 1.06 bits per heavy atom. The minimum atomic E-state index is -0.598. The monoisotopic (exact) mass is 475 g/mol. The molecule has 0 aliphatic heterocycles. The Labute approximate surface area is 192 Å². The van der Waals surface area contributed by atoms with Gasteiger partial charge in [-0.15, -0.1) is 10.2 Å². The lowest BCUT2D eigenvalue weighted by atomic mass is 10.1. The summed E-state index contributed by atoms with van der Waals surface area (Å²) in [6.07, 6.45) is 0. The lowest BCUT2D eigenvalue weighted by molar-refractivity contribution is -0.145. The minimum Gasteiger partial charge on any atom is -0.465 e. The first-order valence-corrected chi connectivity index (χ1v) is 10.6. The third kappa shape index (κ3) is 6.82. The van der Waals surface area contributed by atoms with Crippen LogP contribution in [0.15, 0.2) is 58.2 Å². The second kappa shape index (κ2) is 11.3. The molecule has 1 N–H and O–H groups in total. The summed E-state index contributed by atoms with van der Waals surface area (Å²) in [6.45, 7) is -0.193. The summed E-state index contributed by atoms with van der Waals surface area (Å²) in [4.78, 5) is 35.2. The third-order valence-electron chi connectivity index (χ3n) is 4.04. The first-order valence-electron chi connectivity index (χ1n) is 9.26. The zero-order valence-corrected chi connectivity index (χ0v) is 18.4. The number of aromatic nitrogens is 2. The molecule has 1 amide bonds. The molecule has 0 bridgehead atoms. The van der Waals surface area contributed by atoms with E-state index in [0.717, 1.165) is 17.3 Å². The van der Waals surface area contributed by atoms with Crippen molar-refractivity contribution in [1.82, 2.24) is 15.5 Å². The first kappa shape index (κ1) is 23.3. The number of carbonyl (C=O) groups is 3. The van der Waals surface area contributed by atoms with E-state index >= 15 is 0 Å². The average molecular weight is 476 g/mol. The van der Waals surface area contributed by atoms with Gasteiger partial charge in [0.05, 0.1) is 12.7 Å². The molecule has 3 aromatic rings. The maximum atomic E-state index is 11.9. The molecule has 0 aliphatic carbocycles. The van der Waals surface area contributed by atoms with E-state index in [1.807, 2.05) is 0 Å². The number of halogens is 1. The number of carbonyl (C=O) groups excluding carboxylic acids is 3. The normalized spacial score (nSPS) is 10.4. The Bertz CT molecular complexity index is 1090. The maximum Gasteiger partial charge on any atom is 0.337 e. The molecule has 9 nitrogen and oxygen atoms in total. The van der Waals surface area contributed by atoms with Gasteiger partial charge in [0, 0.05) is 17.1 Å². The largest absolute Gasteiger partial charge is 0.465 e. The van der Waals surface area contributed by atoms with Crippen LogP contribution in [-0.4, -0.2) is 47.5 Å². The molecule has 0 atom stereocenters. The molecule has 1 heterocycles. The number of amides is 1. The van der Waals surface area contributed by atoms with E-state index < -0.39 is 24.5 Å². The molecule has 0 spiro atoms. The van der Waals surface area contributed by atoms with Crippen LogP contribution >= 0.6 is 23.4 Å². The molecule has 0 saturated carbocycles. The Hall–Kier alpha value is -3.37. The Morgan fingerprint density at radius 3 is 2.47 bits per heavy atom. The van der Waals surface area contributed by atoms with Gasteiger partial charge in [-0.3, -0.25) is 9.59 Å². The van der Waals surface area contributed by atoms with E-state index in [4.69, 9.17) is 20.8 Å². The predicted octanol–water partition coefficient (Wildman–Crippen LogP) is 3.13. The summed E-state index contributed by atoms with van der Waals surface area (Å²) in [5, 5.41) is 11.2. The fourth-order valence-electron chi connectivity index (χ4n) is 2.41. The van der Waals surface area contributed by atoms with Crippen LogP contribution in [-0.2, 0) is 25.6 Å². The van der Waals surface area contributed by atoms with Crippen LogP contribution in [0.25, 0.3) is 11.5 Å². The molecular weight excluding hydrogens is 458 g/mol. The molecule has 0 unspecified atom stereocenters. The molecule has 166 valence electrons. The van der Waals surface area contributed by atoms with Crippen molar-refractivity contribution in [1.29, 1.82) is 0 Å². The van der Waals surface area contributed by atoms with Gasteiger partial charge in [-0.1, -0.05) is 35.5 Å². The summed E-state index contributed by atoms with van der Waals surface area (Å²) in [7, 11) is 1.30. The number of methoxy groups -OCH3 is 1. The number of esters is 2. The zero-order valence-electron chi connectivity index (χ0n) is 16.9. The van der Waals surface area contributed by atoms with Crippen molar-refractivity contribution in [3.8, 4) is 11.5 Å². The van der Waals surface area contributed by atoms with Gasteiger partial charge >= 0.3 is 11.9 Å². The molecule has 32 heavy (non-hydrogen) atoms. The second-order valence-corrected chi connectivity index (χ2v) is 7.66. The van der Waals surface area contributed by atoms with Crippen LogP contribution in [0.5, 0.6) is 0 Å². The second-order valence-electron chi connectivity index (χ2n) is 6.29. The van der Waals surface area contributed by atoms with Gasteiger partial charge < -0.3 is 19.2 Å². The molecule has 11 heteroatoms. The number of ether oxygens (including phenoxy) is 2. The molecule has 0 radical (unpaired) electrons. The Balaban J connectivity index is 1.37. The fourth-order valence-corrected chi connectivity index (χ4v) is 3.10. The first-order chi connectivity index (χ1) is 15.4. The predicted molar refractivity (Wildman–Crippen MR) is 116 cm³/mol. The van der Waals surface area contributed by atoms with Crippen molar-refractivity contribution < 1.29 is 28.3 Å². The van der Waals surface area contributed by atoms with E-state index in [9.17, 15) is 14.4 Å². The highest BCUT2D eigenvalue weighted by Gasteiger charge is 2.13. The summed E-state index contributed by atoms with van der Waals surface area (Å²) in [5.74, 6) is -1.28. The van der Waals surface area contributed by atoms with Crippen molar-refractivity contribution in [2.75, 3.05) is 19.5 Å². The van der Waals surface area contributed by atoms with E-state index in [1.54, 1.807) is 48.5 Å². The number of hydrogen-bond donors (Lipinski definition) is 1. The van der Waals surface area contributed by atoms with E-state index in [0.29, 0.717) is 22.0 Å². The smallest absolute Gasteiger partial charge is 0.337 e. The standard InChI is InChI=1S/C21H18ClN3O6S/c1-29-20(28)15-4-2-13(3-5-15)10-23-17(26)11-30-18(27)12-32-21-25-24-19(31-21)14-6-8-16(22)9-7-14/h2-9H,10-12H2,1H3,(H,23,26). The number of rotatable bonds is 9. The number of nitrogens with one attached hydrogen (secondary N) is 1. The van der Waals surface area contributed by atoms with Crippen LogP contribution in [0.4, 0.5) is 0 Å². The summed E-state index contributed by atoms with van der Waals surface area (Å²) in [6, 6.07) is 13.5. The van der Waals surface area contributed by atoms with Crippen molar-refractivity contribution in [3.63, 3.8) is 0 Å². The van der Waals surface area contributed by atoms with Gasteiger partial charge in [-0.2, -0.15) is 0 Å². The van der Waals surface area contributed by atoms with Crippen molar-refractivity contribution in [2.24, 2.45) is 0 Å². The summed E-state index contributed by atoms with van der Waals surface area (Å²) in [5.41, 5.74) is 1.89. The number of nitrogens with zero attached hydrogens (tertiary/aromatic N) is 2. The molecule has 0 saturated heterocycles. The van der Waals surface area contributed by atoms with Gasteiger partial charge in [0.15, 0.2) is 6.61 Å². The Morgan fingerprint density at radius 2 is 1.78 bits per heavy atom. The molecule has 3 rings (SSSR count).